The molecule has 3 rings (SSSR count). The van der Waals surface area contributed by atoms with Crippen molar-refractivity contribution >= 4 is 29.0 Å². The number of hydrogen-bond donors (Lipinski definition) is 1. The van der Waals surface area contributed by atoms with Crippen LogP contribution in [-0.4, -0.2) is 11.1 Å². The largest absolute Gasteiger partial charge is 0.290 e. The molecular weight excluding hydrogens is 296 g/mol. The second-order valence-electron chi connectivity index (χ2n) is 4.64. The van der Waals surface area contributed by atoms with Crippen LogP contribution in [0.2, 0.25) is 0 Å². The van der Waals surface area contributed by atoms with Crippen molar-refractivity contribution < 1.29 is 9.59 Å². The van der Waals surface area contributed by atoms with Gasteiger partial charge in [-0.15, -0.1) is 0 Å². The third-order valence-corrected chi connectivity index (χ3v) is 4.00. The summed E-state index contributed by atoms with van der Waals surface area (Å²) in [6.45, 7) is 0. The molecule has 2 aromatic carbocycles. The van der Waals surface area contributed by atoms with Crippen molar-refractivity contribution in [2.75, 3.05) is 0 Å². The highest BCUT2D eigenvalue weighted by molar-refractivity contribution is 8.18. The fraction of sp³-hybridized carbons (Fsp3) is 0. The van der Waals surface area contributed by atoms with Gasteiger partial charge < -0.3 is 0 Å². The molecule has 0 aliphatic carbocycles. The topological polar surface area (TPSA) is 70.0 Å². The van der Waals surface area contributed by atoms with Gasteiger partial charge in [-0.1, -0.05) is 36.4 Å². The number of carbonyl (C=O) groups is 2. The zero-order valence-corrected chi connectivity index (χ0v) is 12.2. The maximum absolute atomic E-state index is 11.6. The van der Waals surface area contributed by atoms with Gasteiger partial charge in [-0.05, 0) is 46.7 Å². The summed E-state index contributed by atoms with van der Waals surface area (Å²) in [4.78, 5) is 23.1. The van der Waals surface area contributed by atoms with Crippen LogP contribution >= 0.6 is 11.8 Å². The fourth-order valence-corrected chi connectivity index (χ4v) is 2.88. The van der Waals surface area contributed by atoms with E-state index in [9.17, 15) is 14.9 Å². The Hall–Kier alpha value is -2.84. The summed E-state index contributed by atoms with van der Waals surface area (Å²) in [7, 11) is 0. The highest BCUT2D eigenvalue weighted by atomic mass is 32.2. The van der Waals surface area contributed by atoms with Gasteiger partial charge in [0.2, 0.25) is 0 Å². The maximum Gasteiger partial charge on any atom is 0.290 e. The van der Waals surface area contributed by atoms with E-state index in [4.69, 9.17) is 0 Å². The number of hydrogen-bond acceptors (Lipinski definition) is 4. The minimum Gasteiger partial charge on any atom is -0.282 e. The third kappa shape index (κ3) is 2.78. The molecule has 1 aliphatic rings. The van der Waals surface area contributed by atoms with E-state index >= 15 is 0 Å². The zero-order chi connectivity index (χ0) is 15.5. The summed E-state index contributed by atoms with van der Waals surface area (Å²) in [6.07, 6.45) is 1.67. The molecule has 1 saturated heterocycles. The molecule has 5 heteroatoms. The standard InChI is InChI=1S/C17H10N2O2S/c18-10-13-5-1-2-7-14(13)12-6-3-4-11(8-12)9-15-16(20)19-17(21)22-15/h1-9H,(H,19,20,21)/b15-9-. The van der Waals surface area contributed by atoms with E-state index in [1.54, 1.807) is 12.1 Å². The highest BCUT2D eigenvalue weighted by Crippen LogP contribution is 2.28. The zero-order valence-electron chi connectivity index (χ0n) is 11.4. The van der Waals surface area contributed by atoms with Crippen molar-refractivity contribution in [3.63, 3.8) is 0 Å². The predicted octanol–water partition coefficient (Wildman–Crippen LogP) is 3.55. The second kappa shape index (κ2) is 5.88. The SMILES string of the molecule is N#Cc1ccccc1-c1cccc(/C=C2\SC(=O)NC2=O)c1. The molecule has 2 aromatic rings. The molecule has 0 unspecified atom stereocenters. The molecule has 22 heavy (non-hydrogen) atoms. The van der Waals surface area contributed by atoms with Gasteiger partial charge >= 0.3 is 0 Å². The van der Waals surface area contributed by atoms with E-state index in [1.165, 1.54) is 0 Å². The van der Waals surface area contributed by atoms with E-state index in [0.717, 1.165) is 28.5 Å². The van der Waals surface area contributed by atoms with Crippen LogP contribution in [0.1, 0.15) is 11.1 Å². The second-order valence-corrected chi connectivity index (χ2v) is 5.65. The molecule has 1 N–H and O–H groups in total. The number of thioether (sulfide) groups is 1. The number of imide groups is 1. The maximum atomic E-state index is 11.6. The van der Waals surface area contributed by atoms with E-state index in [-0.39, 0.29) is 11.1 Å². The van der Waals surface area contributed by atoms with Crippen LogP contribution < -0.4 is 5.32 Å². The molecule has 1 heterocycles. The summed E-state index contributed by atoms with van der Waals surface area (Å²) in [5, 5.41) is 11.1. The molecule has 2 amide bonds. The number of carbonyl (C=O) groups excluding carboxylic acids is 2. The van der Waals surface area contributed by atoms with Crippen molar-refractivity contribution in [1.29, 1.82) is 5.26 Å². The number of benzene rings is 2. The minimum atomic E-state index is -0.377. The molecule has 0 spiro atoms. The fourth-order valence-electron chi connectivity index (χ4n) is 2.20. The van der Waals surface area contributed by atoms with Crippen LogP contribution in [0, 0.1) is 11.3 Å². The molecule has 1 fully saturated rings. The van der Waals surface area contributed by atoms with E-state index < -0.39 is 0 Å². The summed E-state index contributed by atoms with van der Waals surface area (Å²) in [5.74, 6) is -0.377. The third-order valence-electron chi connectivity index (χ3n) is 3.18. The van der Waals surface area contributed by atoms with Gasteiger partial charge in [-0.25, -0.2) is 0 Å². The van der Waals surface area contributed by atoms with E-state index in [1.807, 2.05) is 42.5 Å². The van der Waals surface area contributed by atoms with Gasteiger partial charge in [0, 0.05) is 0 Å². The van der Waals surface area contributed by atoms with Crippen LogP contribution in [0.15, 0.2) is 53.4 Å². The van der Waals surface area contributed by atoms with Gasteiger partial charge in [-0.3, -0.25) is 14.9 Å². The molecule has 0 saturated carbocycles. The smallest absolute Gasteiger partial charge is 0.282 e. The lowest BCUT2D eigenvalue weighted by atomic mass is 9.98. The Morgan fingerprint density at radius 2 is 1.91 bits per heavy atom. The van der Waals surface area contributed by atoms with Crippen LogP contribution in [0.3, 0.4) is 0 Å². The van der Waals surface area contributed by atoms with Gasteiger partial charge in [0.15, 0.2) is 0 Å². The minimum absolute atomic E-state index is 0.359. The van der Waals surface area contributed by atoms with Crippen molar-refractivity contribution in [2.45, 2.75) is 0 Å². The number of rotatable bonds is 2. The van der Waals surface area contributed by atoms with Crippen molar-refractivity contribution in [2.24, 2.45) is 0 Å². The Balaban J connectivity index is 2.01. The van der Waals surface area contributed by atoms with E-state index in [2.05, 4.69) is 11.4 Å². The Bertz CT molecular complexity index is 850. The van der Waals surface area contributed by atoms with Gasteiger partial charge in [-0.2, -0.15) is 5.26 Å². The van der Waals surface area contributed by atoms with Crippen LogP contribution in [0.25, 0.3) is 17.2 Å². The van der Waals surface area contributed by atoms with Gasteiger partial charge in [0.05, 0.1) is 16.5 Å². The Kier molecular flexibility index (Phi) is 3.77. The summed E-state index contributed by atoms with van der Waals surface area (Å²) < 4.78 is 0. The van der Waals surface area contributed by atoms with Gasteiger partial charge in [0.1, 0.15) is 0 Å². The highest BCUT2D eigenvalue weighted by Gasteiger charge is 2.24. The van der Waals surface area contributed by atoms with Crippen LogP contribution in [0.4, 0.5) is 4.79 Å². The number of nitrogens with zero attached hydrogens (tertiary/aromatic N) is 1. The average Bonchev–Trinajstić information content (AvgIpc) is 2.85. The van der Waals surface area contributed by atoms with Gasteiger partial charge in [0.25, 0.3) is 11.1 Å². The van der Waals surface area contributed by atoms with Crippen LogP contribution in [0.5, 0.6) is 0 Å². The normalized spacial score (nSPS) is 15.7. The molecule has 0 bridgehead atoms. The number of nitriles is 1. The Labute approximate surface area is 131 Å². The molecule has 0 atom stereocenters. The molecule has 1 aliphatic heterocycles. The first kappa shape index (κ1) is 14.1. The quantitative estimate of drug-likeness (QED) is 0.861. The predicted molar refractivity (Wildman–Crippen MR) is 85.7 cm³/mol. The summed E-state index contributed by atoms with van der Waals surface area (Å²) in [6, 6.07) is 17.0. The monoisotopic (exact) mass is 306 g/mol. The van der Waals surface area contributed by atoms with Crippen molar-refractivity contribution in [3.8, 4) is 17.2 Å². The lowest BCUT2D eigenvalue weighted by molar-refractivity contribution is -0.115. The molecule has 106 valence electrons. The van der Waals surface area contributed by atoms with Crippen molar-refractivity contribution in [1.82, 2.24) is 5.32 Å². The lowest BCUT2D eigenvalue weighted by Gasteiger charge is -2.05. The molecule has 4 nitrogen and oxygen atoms in total. The van der Waals surface area contributed by atoms with Crippen molar-refractivity contribution in [3.05, 3.63) is 64.6 Å². The number of amides is 2. The summed E-state index contributed by atoms with van der Waals surface area (Å²) >= 11 is 0.887. The lowest BCUT2D eigenvalue weighted by Crippen LogP contribution is -2.17. The Morgan fingerprint density at radius 1 is 1.09 bits per heavy atom. The summed E-state index contributed by atoms with van der Waals surface area (Å²) in [5.41, 5.74) is 3.12. The first-order chi connectivity index (χ1) is 10.7. The molecule has 0 aromatic heterocycles. The first-order valence-corrected chi connectivity index (χ1v) is 7.33. The molecule has 0 radical (unpaired) electrons. The Morgan fingerprint density at radius 3 is 2.64 bits per heavy atom. The first-order valence-electron chi connectivity index (χ1n) is 6.52. The van der Waals surface area contributed by atoms with Crippen LogP contribution in [-0.2, 0) is 4.79 Å². The number of nitrogens with one attached hydrogen (secondary N) is 1. The average molecular weight is 306 g/mol. The van der Waals surface area contributed by atoms with E-state index in [0.29, 0.717) is 10.5 Å². The molecular formula is C17H10N2O2S.